The zero-order valence-electron chi connectivity index (χ0n) is 12.0. The first-order valence-corrected chi connectivity index (χ1v) is 7.19. The topological polar surface area (TPSA) is 64.6 Å². The fraction of sp³-hybridized carbons (Fsp3) is 0.429. The van der Waals surface area contributed by atoms with Gasteiger partial charge in [-0.25, -0.2) is 4.79 Å². The van der Waals surface area contributed by atoms with E-state index >= 15 is 0 Å². The Morgan fingerprint density at radius 1 is 1.29 bits per heavy atom. The van der Waals surface area contributed by atoms with E-state index in [1.807, 2.05) is 0 Å². The molecule has 116 valence electrons. The van der Waals surface area contributed by atoms with Crippen LogP contribution in [0.5, 0.6) is 5.75 Å². The number of esters is 1. The first kappa shape index (κ1) is 17.6. The Hall–Kier alpha value is -1.46. The third kappa shape index (κ3) is 5.44. The predicted molar refractivity (Wildman–Crippen MR) is 80.8 cm³/mol. The fourth-order valence-electron chi connectivity index (χ4n) is 1.47. The van der Waals surface area contributed by atoms with Crippen molar-refractivity contribution >= 4 is 35.1 Å². The summed E-state index contributed by atoms with van der Waals surface area (Å²) in [5, 5.41) is 3.29. The molecule has 1 N–H and O–H groups in total. The summed E-state index contributed by atoms with van der Waals surface area (Å²) in [7, 11) is 0. The lowest BCUT2D eigenvalue weighted by Gasteiger charge is -2.18. The molecule has 0 saturated carbocycles. The van der Waals surface area contributed by atoms with Crippen LogP contribution in [0.1, 0.15) is 20.8 Å². The molecule has 0 aliphatic heterocycles. The van der Waals surface area contributed by atoms with E-state index in [4.69, 9.17) is 32.7 Å². The number of halogens is 2. The molecule has 0 fully saturated rings. The molecule has 0 bridgehead atoms. The molecule has 1 aromatic carbocycles. The summed E-state index contributed by atoms with van der Waals surface area (Å²) < 4.78 is 10.3. The fourth-order valence-corrected chi connectivity index (χ4v) is 1.92. The number of rotatable bonds is 6. The Balaban J connectivity index is 2.60. The minimum atomic E-state index is -0.819. The zero-order valence-corrected chi connectivity index (χ0v) is 13.5. The smallest absolute Gasteiger partial charge is 0.328 e. The van der Waals surface area contributed by atoms with E-state index in [1.54, 1.807) is 26.0 Å². The molecule has 2 unspecified atom stereocenters. The van der Waals surface area contributed by atoms with Gasteiger partial charge in [0.25, 0.3) is 5.91 Å². The molecule has 1 aromatic rings. The summed E-state index contributed by atoms with van der Waals surface area (Å²) in [6.07, 6.45) is -0.819. The maximum atomic E-state index is 11.9. The van der Waals surface area contributed by atoms with Crippen LogP contribution >= 0.6 is 23.2 Å². The quantitative estimate of drug-likeness (QED) is 0.813. The van der Waals surface area contributed by atoms with E-state index in [1.165, 1.54) is 13.0 Å². The molecule has 0 saturated heterocycles. The maximum absolute atomic E-state index is 11.9. The number of carbonyl (C=O) groups is 2. The monoisotopic (exact) mass is 333 g/mol. The molecule has 21 heavy (non-hydrogen) atoms. The van der Waals surface area contributed by atoms with Crippen LogP contribution in [0.25, 0.3) is 0 Å². The molecule has 1 rings (SSSR count). The molecular formula is C14H17Cl2NO4. The number of carbonyl (C=O) groups excluding carboxylic acids is 2. The van der Waals surface area contributed by atoms with Crippen molar-refractivity contribution in [3.8, 4) is 5.75 Å². The maximum Gasteiger partial charge on any atom is 0.328 e. The van der Waals surface area contributed by atoms with Gasteiger partial charge in [-0.1, -0.05) is 23.2 Å². The number of benzene rings is 1. The van der Waals surface area contributed by atoms with Crippen molar-refractivity contribution in [2.24, 2.45) is 0 Å². The number of ether oxygens (including phenoxy) is 2. The molecule has 2 atom stereocenters. The second-order valence-electron chi connectivity index (χ2n) is 4.32. The standard InChI is InChI=1S/C14H17Cl2NO4/c1-4-20-14(19)8(2)17-13(18)9(3)21-12-6-5-10(15)7-11(12)16/h5-9H,4H2,1-3H3,(H,17,18). The van der Waals surface area contributed by atoms with E-state index in [0.717, 1.165) is 0 Å². The van der Waals surface area contributed by atoms with Crippen molar-refractivity contribution in [3.05, 3.63) is 28.2 Å². The lowest BCUT2D eigenvalue weighted by molar-refractivity contribution is -0.147. The lowest BCUT2D eigenvalue weighted by atomic mass is 10.3. The molecule has 0 aliphatic rings. The lowest BCUT2D eigenvalue weighted by Crippen LogP contribution is -2.45. The highest BCUT2D eigenvalue weighted by molar-refractivity contribution is 6.35. The van der Waals surface area contributed by atoms with Gasteiger partial charge in [-0.3, -0.25) is 4.79 Å². The molecule has 0 spiro atoms. The number of hydrogen-bond donors (Lipinski definition) is 1. The van der Waals surface area contributed by atoms with Gasteiger partial charge < -0.3 is 14.8 Å². The molecule has 0 aromatic heterocycles. The highest BCUT2D eigenvalue weighted by Crippen LogP contribution is 2.28. The highest BCUT2D eigenvalue weighted by atomic mass is 35.5. The number of hydrogen-bond acceptors (Lipinski definition) is 4. The summed E-state index contributed by atoms with van der Waals surface area (Å²) in [4.78, 5) is 23.4. The van der Waals surface area contributed by atoms with Crippen LogP contribution in [-0.2, 0) is 14.3 Å². The molecule has 0 radical (unpaired) electrons. The van der Waals surface area contributed by atoms with E-state index in [0.29, 0.717) is 15.8 Å². The van der Waals surface area contributed by atoms with Crippen LogP contribution in [0.4, 0.5) is 0 Å². The zero-order chi connectivity index (χ0) is 16.0. The summed E-state index contributed by atoms with van der Waals surface area (Å²) in [5.74, 6) is -0.600. The van der Waals surface area contributed by atoms with E-state index in [2.05, 4.69) is 5.32 Å². The molecular weight excluding hydrogens is 317 g/mol. The Kier molecular flexibility index (Phi) is 6.78. The van der Waals surface area contributed by atoms with Crippen molar-refractivity contribution < 1.29 is 19.1 Å². The number of nitrogens with one attached hydrogen (secondary N) is 1. The molecule has 0 aliphatic carbocycles. The minimum absolute atomic E-state index is 0.255. The van der Waals surface area contributed by atoms with Crippen LogP contribution in [0.2, 0.25) is 10.0 Å². The Morgan fingerprint density at radius 3 is 2.52 bits per heavy atom. The van der Waals surface area contributed by atoms with Crippen LogP contribution < -0.4 is 10.1 Å². The highest BCUT2D eigenvalue weighted by Gasteiger charge is 2.22. The largest absolute Gasteiger partial charge is 0.479 e. The third-order valence-electron chi connectivity index (χ3n) is 2.57. The second-order valence-corrected chi connectivity index (χ2v) is 5.16. The van der Waals surface area contributed by atoms with Gasteiger partial charge in [0.05, 0.1) is 11.6 Å². The molecule has 0 heterocycles. The molecule has 5 nitrogen and oxygen atoms in total. The van der Waals surface area contributed by atoms with Crippen LogP contribution in [0, 0.1) is 0 Å². The minimum Gasteiger partial charge on any atom is -0.479 e. The van der Waals surface area contributed by atoms with Gasteiger partial charge in [-0.2, -0.15) is 0 Å². The van der Waals surface area contributed by atoms with E-state index < -0.39 is 24.0 Å². The summed E-state index contributed by atoms with van der Waals surface area (Å²) in [6.45, 7) is 5.04. The van der Waals surface area contributed by atoms with Gasteiger partial charge in [-0.15, -0.1) is 0 Å². The second kappa shape index (κ2) is 8.10. The normalized spacial score (nSPS) is 13.2. The average molecular weight is 334 g/mol. The van der Waals surface area contributed by atoms with E-state index in [9.17, 15) is 9.59 Å². The summed E-state index contributed by atoms with van der Waals surface area (Å²) in [6, 6.07) is 3.95. The van der Waals surface area contributed by atoms with E-state index in [-0.39, 0.29) is 6.61 Å². The number of amides is 1. The van der Waals surface area contributed by atoms with Gasteiger partial charge >= 0.3 is 5.97 Å². The summed E-state index contributed by atoms with van der Waals surface area (Å²) in [5.41, 5.74) is 0. The van der Waals surface area contributed by atoms with Crippen molar-refractivity contribution in [2.45, 2.75) is 32.9 Å². The molecule has 7 heteroatoms. The van der Waals surface area contributed by atoms with Gasteiger partial charge in [0.2, 0.25) is 0 Å². The Bertz CT molecular complexity index is 522. The first-order valence-electron chi connectivity index (χ1n) is 6.43. The van der Waals surface area contributed by atoms with Gasteiger partial charge in [-0.05, 0) is 39.0 Å². The predicted octanol–water partition coefficient (Wildman–Crippen LogP) is 2.83. The summed E-state index contributed by atoms with van der Waals surface area (Å²) >= 11 is 11.7. The van der Waals surface area contributed by atoms with Crippen LogP contribution in [0.15, 0.2) is 18.2 Å². The first-order chi connectivity index (χ1) is 9.85. The van der Waals surface area contributed by atoms with Crippen LogP contribution in [0.3, 0.4) is 0 Å². The third-order valence-corrected chi connectivity index (χ3v) is 3.10. The van der Waals surface area contributed by atoms with Gasteiger partial charge in [0, 0.05) is 5.02 Å². The SMILES string of the molecule is CCOC(=O)C(C)NC(=O)C(C)Oc1ccc(Cl)cc1Cl. The van der Waals surface area contributed by atoms with Crippen molar-refractivity contribution in [1.82, 2.24) is 5.32 Å². The van der Waals surface area contributed by atoms with Gasteiger partial charge in [0.1, 0.15) is 11.8 Å². The van der Waals surface area contributed by atoms with Crippen LogP contribution in [-0.4, -0.2) is 30.6 Å². The molecule has 1 amide bonds. The Labute approximate surface area is 133 Å². The van der Waals surface area contributed by atoms with Crippen molar-refractivity contribution in [3.63, 3.8) is 0 Å². The average Bonchev–Trinajstić information content (AvgIpc) is 2.41. The van der Waals surface area contributed by atoms with Gasteiger partial charge in [0.15, 0.2) is 6.10 Å². The van der Waals surface area contributed by atoms with Crippen molar-refractivity contribution in [1.29, 1.82) is 0 Å². The Morgan fingerprint density at radius 2 is 1.95 bits per heavy atom. The van der Waals surface area contributed by atoms with Crippen molar-refractivity contribution in [2.75, 3.05) is 6.61 Å².